The first-order valence-electron chi connectivity index (χ1n) is 10.7. The van der Waals surface area contributed by atoms with Crippen LogP contribution in [-0.2, 0) is 17.8 Å². The van der Waals surface area contributed by atoms with Gasteiger partial charge in [-0.05, 0) is 42.2 Å². The molecule has 2 atom stereocenters. The maximum atomic E-state index is 12.6. The number of carbonyl (C=O) groups excluding carboxylic acids is 1. The van der Waals surface area contributed by atoms with E-state index in [0.717, 1.165) is 29.9 Å². The third kappa shape index (κ3) is 8.23. The second kappa shape index (κ2) is 14.1. The standard InChI is InChI=1S/C25H27N3O2S.2ClH/c29-24(23-18-31-25(28-23)21-9-4-14-26-17-21)27-16-20-10-12-22(13-11-20)30-15-5-8-19-6-2-1-3-7-19;;/h1-4,6-7,9-14,17,23,25,28H,5,8,15-16,18H2,(H,27,29);2*1H/t23-,25?;;/m0../s1. The van der Waals surface area contributed by atoms with E-state index < -0.39 is 0 Å². The molecule has 1 fully saturated rings. The second-order valence-electron chi connectivity index (χ2n) is 7.69. The molecule has 3 aromatic rings. The van der Waals surface area contributed by atoms with Gasteiger partial charge in [0.1, 0.15) is 5.75 Å². The van der Waals surface area contributed by atoms with Crippen LogP contribution in [0.1, 0.15) is 28.5 Å². The highest BCUT2D eigenvalue weighted by atomic mass is 35.5. The molecule has 176 valence electrons. The molecule has 5 nitrogen and oxygen atoms in total. The van der Waals surface area contributed by atoms with Crippen molar-refractivity contribution in [1.29, 1.82) is 0 Å². The molecule has 0 saturated carbocycles. The number of aryl methyl sites for hydroxylation is 1. The Labute approximate surface area is 211 Å². The molecular formula is C25H29Cl2N3O2S. The number of amides is 1. The summed E-state index contributed by atoms with van der Waals surface area (Å²) in [5, 5.41) is 5.49. The highest BCUT2D eigenvalue weighted by molar-refractivity contribution is 7.99. The van der Waals surface area contributed by atoms with Gasteiger partial charge in [-0.2, -0.15) is 0 Å². The molecule has 1 aliphatic rings. The van der Waals surface area contributed by atoms with Crippen molar-refractivity contribution in [1.82, 2.24) is 5.32 Å². The summed E-state index contributed by atoms with van der Waals surface area (Å²) in [6.45, 7) is 1.23. The predicted molar refractivity (Wildman–Crippen MR) is 122 cm³/mol. The van der Waals surface area contributed by atoms with Crippen molar-refractivity contribution in [3.05, 3.63) is 95.8 Å². The summed E-state index contributed by atoms with van der Waals surface area (Å²) in [4.78, 5) is 15.7. The Morgan fingerprint density at radius 1 is 1.03 bits per heavy atom. The van der Waals surface area contributed by atoms with Gasteiger partial charge in [-0.25, -0.2) is 4.98 Å². The van der Waals surface area contributed by atoms with Crippen molar-refractivity contribution in [3.63, 3.8) is 0 Å². The number of benzene rings is 2. The zero-order chi connectivity index (χ0) is 21.3. The highest BCUT2D eigenvalue weighted by Gasteiger charge is 2.35. The molecule has 4 rings (SSSR count). The van der Waals surface area contributed by atoms with E-state index in [2.05, 4.69) is 45.9 Å². The molecule has 2 heterocycles. The number of nitrogens with one attached hydrogen (secondary N) is 2. The molecule has 4 N–H and O–H groups in total. The lowest BCUT2D eigenvalue weighted by Gasteiger charge is -2.11. The van der Waals surface area contributed by atoms with E-state index in [1.807, 2.05) is 60.6 Å². The number of H-pyrrole nitrogens is 1. The first-order valence-corrected chi connectivity index (χ1v) is 11.8. The van der Waals surface area contributed by atoms with E-state index in [1.54, 1.807) is 0 Å². The molecule has 1 unspecified atom stereocenters. The van der Waals surface area contributed by atoms with E-state index in [-0.39, 0.29) is 42.1 Å². The van der Waals surface area contributed by atoms with Crippen molar-refractivity contribution < 1.29 is 44.6 Å². The summed E-state index contributed by atoms with van der Waals surface area (Å²) in [6, 6.07) is 22.5. The summed E-state index contributed by atoms with van der Waals surface area (Å²) in [7, 11) is 0. The van der Waals surface area contributed by atoms with Gasteiger partial charge in [0.15, 0.2) is 23.8 Å². The van der Waals surface area contributed by atoms with Crippen LogP contribution in [0.15, 0.2) is 79.1 Å². The SMILES string of the molecule is O=C(NCc1ccc(OCCCc2ccccc2)cc1)[C@@H]1CSC(c2ccc[nH+]c2)[NH2+]1.[Cl-].[Cl-]. The molecule has 1 amide bonds. The lowest BCUT2D eigenvalue weighted by Crippen LogP contribution is -3.00. The van der Waals surface area contributed by atoms with Crippen LogP contribution < -0.4 is 45.2 Å². The van der Waals surface area contributed by atoms with Crippen LogP contribution in [0.25, 0.3) is 0 Å². The van der Waals surface area contributed by atoms with Crippen molar-refractivity contribution >= 4 is 17.7 Å². The topological polar surface area (TPSA) is 69.1 Å². The summed E-state index contributed by atoms with van der Waals surface area (Å²) in [5.74, 6) is 1.78. The minimum atomic E-state index is -0.0533. The number of quaternary nitrogens is 1. The van der Waals surface area contributed by atoms with E-state index >= 15 is 0 Å². The van der Waals surface area contributed by atoms with E-state index in [4.69, 9.17) is 4.74 Å². The van der Waals surface area contributed by atoms with E-state index in [1.165, 1.54) is 11.1 Å². The van der Waals surface area contributed by atoms with Crippen molar-refractivity contribution in [2.75, 3.05) is 12.4 Å². The second-order valence-corrected chi connectivity index (χ2v) is 8.86. The molecule has 0 radical (unpaired) electrons. The fourth-order valence-electron chi connectivity index (χ4n) is 3.62. The zero-order valence-electron chi connectivity index (χ0n) is 18.3. The number of pyridine rings is 1. The van der Waals surface area contributed by atoms with Gasteiger partial charge in [0.05, 0.1) is 17.9 Å². The largest absolute Gasteiger partial charge is 1.00 e. The monoisotopic (exact) mass is 505 g/mol. The number of rotatable bonds is 9. The third-order valence-electron chi connectivity index (χ3n) is 5.37. The number of ether oxygens (including phenoxy) is 1. The Morgan fingerprint density at radius 2 is 1.82 bits per heavy atom. The van der Waals surface area contributed by atoms with Crippen molar-refractivity contribution in [3.8, 4) is 5.75 Å². The lowest BCUT2D eigenvalue weighted by molar-refractivity contribution is -0.684. The molecular weight excluding hydrogens is 477 g/mol. The molecule has 1 saturated heterocycles. The van der Waals surface area contributed by atoms with Crippen LogP contribution in [0, 0.1) is 0 Å². The van der Waals surface area contributed by atoms with Crippen molar-refractivity contribution in [2.45, 2.75) is 30.8 Å². The van der Waals surface area contributed by atoms with E-state index in [0.29, 0.717) is 13.2 Å². The lowest BCUT2D eigenvalue weighted by atomic mass is 10.1. The Bertz CT molecular complexity index is 962. The quantitative estimate of drug-likeness (QED) is 0.297. The fraction of sp³-hybridized carbons (Fsp3) is 0.280. The Kier molecular flexibility index (Phi) is 11.5. The summed E-state index contributed by atoms with van der Waals surface area (Å²) in [6.07, 6.45) is 5.90. The number of thioether (sulfide) groups is 1. The van der Waals surface area contributed by atoms with Gasteiger partial charge in [0, 0.05) is 12.6 Å². The van der Waals surface area contributed by atoms with Gasteiger partial charge in [0.25, 0.3) is 5.91 Å². The first-order chi connectivity index (χ1) is 15.3. The van der Waals surface area contributed by atoms with Crippen LogP contribution in [-0.4, -0.2) is 24.3 Å². The zero-order valence-corrected chi connectivity index (χ0v) is 20.6. The molecule has 1 aromatic heterocycles. The van der Waals surface area contributed by atoms with Gasteiger partial charge in [-0.3, -0.25) is 4.79 Å². The number of nitrogens with two attached hydrogens (primary N) is 1. The minimum absolute atomic E-state index is 0. The van der Waals surface area contributed by atoms with Crippen LogP contribution in [0.3, 0.4) is 0 Å². The number of aromatic nitrogens is 1. The Balaban J connectivity index is 0.00000193. The van der Waals surface area contributed by atoms with Gasteiger partial charge < -0.3 is 40.2 Å². The maximum Gasteiger partial charge on any atom is 0.279 e. The van der Waals surface area contributed by atoms with Crippen LogP contribution >= 0.6 is 11.8 Å². The van der Waals surface area contributed by atoms with Crippen LogP contribution in [0.2, 0.25) is 0 Å². The predicted octanol–water partition coefficient (Wildman–Crippen LogP) is -3.49. The normalized spacial score (nSPS) is 16.8. The summed E-state index contributed by atoms with van der Waals surface area (Å²) >= 11 is 1.81. The van der Waals surface area contributed by atoms with Crippen molar-refractivity contribution in [2.24, 2.45) is 0 Å². The van der Waals surface area contributed by atoms with Crippen LogP contribution in [0.5, 0.6) is 5.75 Å². The smallest absolute Gasteiger partial charge is 0.279 e. The van der Waals surface area contributed by atoms with Gasteiger partial charge in [0.2, 0.25) is 0 Å². The first kappa shape index (κ1) is 27.0. The number of hydrogen-bond acceptors (Lipinski definition) is 3. The molecule has 2 aromatic carbocycles. The number of hydrogen-bond donors (Lipinski definition) is 2. The van der Waals surface area contributed by atoms with Gasteiger partial charge in [-0.1, -0.05) is 54.2 Å². The molecule has 0 spiro atoms. The molecule has 1 aliphatic heterocycles. The number of aromatic amines is 1. The summed E-state index contributed by atoms with van der Waals surface area (Å²) in [5.41, 5.74) is 3.62. The number of carbonyl (C=O) groups is 1. The number of halogens is 2. The molecule has 33 heavy (non-hydrogen) atoms. The highest BCUT2D eigenvalue weighted by Crippen LogP contribution is 2.25. The Hall–Kier alpha value is -2.25. The van der Waals surface area contributed by atoms with E-state index in [9.17, 15) is 4.79 Å². The fourth-order valence-corrected chi connectivity index (χ4v) is 4.94. The van der Waals surface area contributed by atoms with Gasteiger partial charge in [-0.15, -0.1) is 0 Å². The minimum Gasteiger partial charge on any atom is -1.00 e. The summed E-state index contributed by atoms with van der Waals surface area (Å²) < 4.78 is 5.85. The van der Waals surface area contributed by atoms with Crippen LogP contribution in [0.4, 0.5) is 0 Å². The molecule has 0 aliphatic carbocycles. The molecule has 0 bridgehead atoms. The maximum absolute atomic E-state index is 12.6. The average molecular weight is 506 g/mol. The Morgan fingerprint density at radius 3 is 2.55 bits per heavy atom. The average Bonchev–Trinajstić information content (AvgIpc) is 3.33. The van der Waals surface area contributed by atoms with Gasteiger partial charge >= 0.3 is 0 Å². The molecule has 8 heteroatoms. The third-order valence-corrected chi connectivity index (χ3v) is 6.71.